The summed E-state index contributed by atoms with van der Waals surface area (Å²) in [5.74, 6) is 0.655. The van der Waals surface area contributed by atoms with Crippen molar-refractivity contribution in [3.63, 3.8) is 0 Å². The summed E-state index contributed by atoms with van der Waals surface area (Å²) in [4.78, 5) is 13.4. The van der Waals surface area contributed by atoms with E-state index in [1.165, 1.54) is 16.4 Å². The summed E-state index contributed by atoms with van der Waals surface area (Å²) in [6.45, 7) is 1.69. The number of methoxy groups -OCH3 is 1. The van der Waals surface area contributed by atoms with Gasteiger partial charge in [-0.05, 0) is 49.4 Å². The summed E-state index contributed by atoms with van der Waals surface area (Å²) in [6.07, 6.45) is 0. The summed E-state index contributed by atoms with van der Waals surface area (Å²) in [5, 5.41) is 15.4. The van der Waals surface area contributed by atoms with Gasteiger partial charge in [0, 0.05) is 20.5 Å². The molecule has 0 unspecified atom stereocenters. The molecule has 5 nitrogen and oxygen atoms in total. The quantitative estimate of drug-likeness (QED) is 0.604. The third-order valence-corrected chi connectivity index (χ3v) is 5.26. The minimum Gasteiger partial charge on any atom is -0.497 e. The van der Waals surface area contributed by atoms with Crippen LogP contribution in [-0.2, 0) is 0 Å². The Morgan fingerprint density at radius 3 is 2.33 bits per heavy atom. The van der Waals surface area contributed by atoms with Crippen molar-refractivity contribution >= 4 is 35.0 Å². The van der Waals surface area contributed by atoms with Crippen molar-refractivity contribution in [2.24, 2.45) is 0 Å². The molecule has 136 valence electrons. The van der Waals surface area contributed by atoms with Crippen LogP contribution in [0.2, 0.25) is 10.0 Å². The van der Waals surface area contributed by atoms with E-state index in [1.54, 1.807) is 56.5 Å². The first-order valence-electron chi connectivity index (χ1n) is 7.75. The highest BCUT2D eigenvalue weighted by atomic mass is 35.5. The van der Waals surface area contributed by atoms with Crippen LogP contribution in [0.25, 0.3) is 5.69 Å². The minimum absolute atomic E-state index is 0.0384. The summed E-state index contributed by atoms with van der Waals surface area (Å²) < 4.78 is 6.34. The Bertz CT molecular complexity index is 1090. The van der Waals surface area contributed by atoms with Crippen molar-refractivity contribution in [1.29, 1.82) is 5.26 Å². The smallest absolute Gasteiger partial charge is 0.289 e. The Kier molecular flexibility index (Phi) is 5.76. The van der Waals surface area contributed by atoms with E-state index >= 15 is 0 Å². The van der Waals surface area contributed by atoms with Gasteiger partial charge in [-0.2, -0.15) is 15.0 Å². The summed E-state index contributed by atoms with van der Waals surface area (Å²) in [7, 11) is 1.56. The van der Waals surface area contributed by atoms with Crippen LogP contribution in [0.4, 0.5) is 0 Å². The first-order chi connectivity index (χ1) is 12.9. The Labute approximate surface area is 170 Å². The standard InChI is InChI=1S/C19H13Cl2N3O2S/c1-11-17(10-22)19(25)24(14-3-5-15(26-2)6-4-14)23-18(11)27-16-8-12(20)7-13(21)9-16/h3-9H,1-2H3. The van der Waals surface area contributed by atoms with Crippen molar-refractivity contribution in [3.8, 4) is 17.5 Å². The van der Waals surface area contributed by atoms with E-state index < -0.39 is 5.56 Å². The number of nitrogens with zero attached hydrogens (tertiary/aromatic N) is 3. The van der Waals surface area contributed by atoms with Crippen molar-refractivity contribution in [1.82, 2.24) is 9.78 Å². The van der Waals surface area contributed by atoms with Crippen molar-refractivity contribution in [2.45, 2.75) is 16.8 Å². The van der Waals surface area contributed by atoms with E-state index in [4.69, 9.17) is 27.9 Å². The van der Waals surface area contributed by atoms with Gasteiger partial charge in [0.2, 0.25) is 0 Å². The highest BCUT2D eigenvalue weighted by molar-refractivity contribution is 7.99. The van der Waals surface area contributed by atoms with Crippen LogP contribution in [0, 0.1) is 18.3 Å². The fraction of sp³-hybridized carbons (Fsp3) is 0.105. The van der Waals surface area contributed by atoms with Crippen LogP contribution in [0.15, 0.2) is 57.2 Å². The molecule has 0 atom stereocenters. The lowest BCUT2D eigenvalue weighted by molar-refractivity contribution is 0.414. The Morgan fingerprint density at radius 1 is 1.15 bits per heavy atom. The number of halogens is 2. The number of aromatic nitrogens is 2. The van der Waals surface area contributed by atoms with Crippen LogP contribution >= 0.6 is 35.0 Å². The second-order valence-electron chi connectivity index (χ2n) is 5.54. The fourth-order valence-electron chi connectivity index (χ4n) is 2.41. The van der Waals surface area contributed by atoms with Gasteiger partial charge in [0.05, 0.1) is 12.8 Å². The molecule has 0 fully saturated rings. The Hall–Kier alpha value is -2.46. The minimum atomic E-state index is -0.478. The van der Waals surface area contributed by atoms with Gasteiger partial charge < -0.3 is 4.74 Å². The summed E-state index contributed by atoms with van der Waals surface area (Å²) >= 11 is 13.4. The first kappa shape index (κ1) is 19.3. The first-order valence-corrected chi connectivity index (χ1v) is 9.32. The number of rotatable bonds is 4. The van der Waals surface area contributed by atoms with Crippen LogP contribution in [-0.4, -0.2) is 16.9 Å². The van der Waals surface area contributed by atoms with E-state index in [2.05, 4.69) is 5.10 Å². The van der Waals surface area contributed by atoms with E-state index in [0.29, 0.717) is 32.1 Å². The van der Waals surface area contributed by atoms with Crippen molar-refractivity contribution in [2.75, 3.05) is 7.11 Å². The van der Waals surface area contributed by atoms with Crippen LogP contribution in [0.3, 0.4) is 0 Å². The average molecular weight is 418 g/mol. The number of benzene rings is 2. The fourth-order valence-corrected chi connectivity index (χ4v) is 4.04. The normalized spacial score (nSPS) is 10.5. The molecule has 0 aliphatic heterocycles. The Morgan fingerprint density at radius 2 is 1.78 bits per heavy atom. The molecule has 0 saturated carbocycles. The van der Waals surface area contributed by atoms with E-state index in [1.807, 2.05) is 6.07 Å². The molecule has 1 aromatic heterocycles. The monoisotopic (exact) mass is 417 g/mol. The predicted octanol–water partition coefficient (Wildman–Crippen LogP) is 4.88. The van der Waals surface area contributed by atoms with E-state index in [9.17, 15) is 10.1 Å². The van der Waals surface area contributed by atoms with Crippen LogP contribution < -0.4 is 10.3 Å². The van der Waals surface area contributed by atoms with Crippen molar-refractivity contribution in [3.05, 3.63) is 74.0 Å². The SMILES string of the molecule is COc1ccc(-n2nc(Sc3cc(Cl)cc(Cl)c3)c(C)c(C#N)c2=O)cc1. The van der Waals surface area contributed by atoms with Crippen LogP contribution in [0.1, 0.15) is 11.1 Å². The number of hydrogen-bond donors (Lipinski definition) is 0. The van der Waals surface area contributed by atoms with Gasteiger partial charge in [0.15, 0.2) is 0 Å². The lowest BCUT2D eigenvalue weighted by Gasteiger charge is -2.12. The third-order valence-electron chi connectivity index (χ3n) is 3.77. The molecule has 0 N–H and O–H groups in total. The maximum absolute atomic E-state index is 12.7. The molecule has 3 rings (SSSR count). The second-order valence-corrected chi connectivity index (χ2v) is 7.47. The second kappa shape index (κ2) is 8.05. The topological polar surface area (TPSA) is 67.9 Å². The largest absolute Gasteiger partial charge is 0.497 e. The maximum atomic E-state index is 12.7. The van der Waals surface area contributed by atoms with Crippen LogP contribution in [0.5, 0.6) is 5.75 Å². The van der Waals surface area contributed by atoms with Gasteiger partial charge in [0.1, 0.15) is 22.4 Å². The van der Waals surface area contributed by atoms with E-state index in [-0.39, 0.29) is 5.56 Å². The predicted molar refractivity (Wildman–Crippen MR) is 106 cm³/mol. The van der Waals surface area contributed by atoms with Crippen molar-refractivity contribution < 1.29 is 4.74 Å². The Balaban J connectivity index is 2.14. The van der Waals surface area contributed by atoms with Gasteiger partial charge in [-0.15, -0.1) is 0 Å². The lowest BCUT2D eigenvalue weighted by atomic mass is 10.2. The molecule has 0 spiro atoms. The third kappa shape index (κ3) is 4.11. The molecule has 0 amide bonds. The lowest BCUT2D eigenvalue weighted by Crippen LogP contribution is -2.25. The molecular weight excluding hydrogens is 405 g/mol. The van der Waals surface area contributed by atoms with Gasteiger partial charge in [-0.1, -0.05) is 35.0 Å². The molecule has 0 bridgehead atoms. The van der Waals surface area contributed by atoms with E-state index in [0.717, 1.165) is 4.90 Å². The summed E-state index contributed by atoms with van der Waals surface area (Å²) in [6, 6.07) is 13.9. The molecule has 27 heavy (non-hydrogen) atoms. The molecule has 0 aliphatic rings. The molecular formula is C19H13Cl2N3O2S. The highest BCUT2D eigenvalue weighted by Gasteiger charge is 2.16. The van der Waals surface area contributed by atoms with Gasteiger partial charge in [0.25, 0.3) is 5.56 Å². The van der Waals surface area contributed by atoms with Gasteiger partial charge >= 0.3 is 0 Å². The molecule has 1 heterocycles. The zero-order valence-electron chi connectivity index (χ0n) is 14.4. The summed E-state index contributed by atoms with van der Waals surface area (Å²) in [5.41, 5.74) is 0.599. The van der Waals surface area contributed by atoms with Gasteiger partial charge in [-0.25, -0.2) is 0 Å². The molecule has 0 aliphatic carbocycles. The highest BCUT2D eigenvalue weighted by Crippen LogP contribution is 2.33. The molecule has 3 aromatic rings. The molecule has 0 saturated heterocycles. The maximum Gasteiger partial charge on any atom is 0.289 e. The number of nitriles is 1. The zero-order chi connectivity index (χ0) is 19.6. The molecule has 8 heteroatoms. The number of ether oxygens (including phenoxy) is 1. The number of hydrogen-bond acceptors (Lipinski definition) is 5. The van der Waals surface area contributed by atoms with Gasteiger partial charge in [-0.3, -0.25) is 4.79 Å². The molecule has 2 aromatic carbocycles. The average Bonchev–Trinajstić information content (AvgIpc) is 2.64. The molecule has 0 radical (unpaired) electrons. The zero-order valence-corrected chi connectivity index (χ0v) is 16.7.